The van der Waals surface area contributed by atoms with Crippen LogP contribution in [-0.2, 0) is 13.7 Å². The van der Waals surface area contributed by atoms with Crippen LogP contribution in [0, 0.1) is 0 Å². The molecule has 0 unspecified atom stereocenters. The second kappa shape index (κ2) is 2.13. The van der Waals surface area contributed by atoms with Crippen LogP contribution in [0.15, 0.2) is 22.8 Å². The Bertz CT molecular complexity index is 372. The number of furan rings is 1. The van der Waals surface area contributed by atoms with Crippen molar-refractivity contribution in [2.24, 2.45) is 7.05 Å². The molecule has 0 saturated heterocycles. The molecule has 0 fully saturated rings. The average molecular weight is 151 g/mol. The number of aryl methyl sites for hydroxylation is 1. The van der Waals surface area contributed by atoms with Crippen molar-refractivity contribution >= 4 is 11.1 Å². The second-order valence-electron chi connectivity index (χ2n) is 2.53. The van der Waals surface area contributed by atoms with Crippen LogP contribution in [0.3, 0.4) is 0 Å². The Balaban J connectivity index is 2.76. The molecule has 0 atom stereocenters. The molecule has 3 heteroatoms. The summed E-state index contributed by atoms with van der Waals surface area (Å²) in [4.78, 5) is 0. The molecule has 2 aromatic heterocycles. The maximum Gasteiger partial charge on any atom is 0.206 e. The summed E-state index contributed by atoms with van der Waals surface area (Å²) in [7, 11) is 1.87. The van der Waals surface area contributed by atoms with Crippen molar-refractivity contribution in [3.63, 3.8) is 0 Å². The molecular formula is C8H9NO2. The Morgan fingerprint density at radius 3 is 3.09 bits per heavy atom. The molecule has 0 saturated carbocycles. The molecule has 0 amide bonds. The summed E-state index contributed by atoms with van der Waals surface area (Å²) in [6, 6.07) is 3.80. The number of hydrogen-bond donors (Lipinski definition) is 1. The van der Waals surface area contributed by atoms with Crippen LogP contribution in [0.25, 0.3) is 11.1 Å². The molecule has 0 radical (unpaired) electrons. The van der Waals surface area contributed by atoms with Crippen LogP contribution in [0.2, 0.25) is 0 Å². The van der Waals surface area contributed by atoms with Gasteiger partial charge in [-0.3, -0.25) is 0 Å². The molecule has 2 aromatic rings. The standard InChI is InChI=1S/C8H9NO2/c1-9-7(5-10)4-6-2-3-11-8(6)9/h2-4,10H,5H2,1H3. The van der Waals surface area contributed by atoms with E-state index in [1.807, 2.05) is 23.7 Å². The zero-order chi connectivity index (χ0) is 7.84. The van der Waals surface area contributed by atoms with Gasteiger partial charge in [0.1, 0.15) is 0 Å². The molecule has 0 bridgehead atoms. The maximum absolute atomic E-state index is 8.88. The third-order valence-electron chi connectivity index (χ3n) is 1.89. The van der Waals surface area contributed by atoms with Gasteiger partial charge in [-0.1, -0.05) is 0 Å². The minimum atomic E-state index is 0.0562. The molecule has 0 aromatic carbocycles. The van der Waals surface area contributed by atoms with Crippen molar-refractivity contribution in [1.82, 2.24) is 4.57 Å². The van der Waals surface area contributed by atoms with Gasteiger partial charge in [-0.05, 0) is 12.1 Å². The van der Waals surface area contributed by atoms with Crippen LogP contribution >= 0.6 is 0 Å². The van der Waals surface area contributed by atoms with Gasteiger partial charge in [-0.25, -0.2) is 0 Å². The predicted molar refractivity (Wildman–Crippen MR) is 41.1 cm³/mol. The Kier molecular flexibility index (Phi) is 1.26. The Labute approximate surface area is 63.9 Å². The molecule has 58 valence electrons. The molecule has 2 heterocycles. The van der Waals surface area contributed by atoms with Crippen molar-refractivity contribution in [2.45, 2.75) is 6.61 Å². The number of hydrogen-bond acceptors (Lipinski definition) is 2. The predicted octanol–water partition coefficient (Wildman–Crippen LogP) is 1.26. The summed E-state index contributed by atoms with van der Waals surface area (Å²) in [5, 5.41) is 9.91. The van der Waals surface area contributed by atoms with E-state index >= 15 is 0 Å². The van der Waals surface area contributed by atoms with Crippen molar-refractivity contribution in [3.05, 3.63) is 24.1 Å². The van der Waals surface area contributed by atoms with Gasteiger partial charge in [0, 0.05) is 18.1 Å². The lowest BCUT2D eigenvalue weighted by Crippen LogP contribution is -1.93. The zero-order valence-electron chi connectivity index (χ0n) is 6.24. The quantitative estimate of drug-likeness (QED) is 0.666. The van der Waals surface area contributed by atoms with E-state index in [0.29, 0.717) is 0 Å². The van der Waals surface area contributed by atoms with E-state index in [1.165, 1.54) is 0 Å². The van der Waals surface area contributed by atoms with Crippen molar-refractivity contribution in [2.75, 3.05) is 0 Å². The van der Waals surface area contributed by atoms with Crippen LogP contribution in [0.4, 0.5) is 0 Å². The largest absolute Gasteiger partial charge is 0.448 e. The van der Waals surface area contributed by atoms with Crippen LogP contribution in [0.1, 0.15) is 5.69 Å². The van der Waals surface area contributed by atoms with E-state index in [-0.39, 0.29) is 6.61 Å². The van der Waals surface area contributed by atoms with Crippen molar-refractivity contribution < 1.29 is 9.52 Å². The number of nitrogens with zero attached hydrogens (tertiary/aromatic N) is 1. The van der Waals surface area contributed by atoms with Gasteiger partial charge >= 0.3 is 0 Å². The van der Waals surface area contributed by atoms with Crippen LogP contribution in [-0.4, -0.2) is 9.67 Å². The summed E-state index contributed by atoms with van der Waals surface area (Å²) in [6.07, 6.45) is 1.64. The number of fused-ring (bicyclic) bond motifs is 1. The highest BCUT2D eigenvalue weighted by atomic mass is 16.3. The summed E-state index contributed by atoms with van der Waals surface area (Å²) in [5.74, 6) is 0. The number of aliphatic hydroxyl groups is 1. The van der Waals surface area contributed by atoms with E-state index in [4.69, 9.17) is 9.52 Å². The van der Waals surface area contributed by atoms with E-state index in [0.717, 1.165) is 16.8 Å². The van der Waals surface area contributed by atoms with Crippen LogP contribution in [0.5, 0.6) is 0 Å². The normalized spacial score (nSPS) is 11.1. The van der Waals surface area contributed by atoms with Crippen molar-refractivity contribution in [3.8, 4) is 0 Å². The summed E-state index contributed by atoms with van der Waals surface area (Å²) in [6.45, 7) is 0.0562. The highest BCUT2D eigenvalue weighted by molar-refractivity contribution is 5.75. The fourth-order valence-electron chi connectivity index (χ4n) is 1.25. The Morgan fingerprint density at radius 1 is 1.64 bits per heavy atom. The molecule has 11 heavy (non-hydrogen) atoms. The zero-order valence-corrected chi connectivity index (χ0v) is 6.24. The lowest BCUT2D eigenvalue weighted by molar-refractivity contribution is 0.272. The van der Waals surface area contributed by atoms with Crippen LogP contribution < -0.4 is 0 Å². The smallest absolute Gasteiger partial charge is 0.206 e. The van der Waals surface area contributed by atoms with E-state index in [9.17, 15) is 0 Å². The first-order valence-electron chi connectivity index (χ1n) is 3.45. The van der Waals surface area contributed by atoms with Crippen molar-refractivity contribution in [1.29, 1.82) is 0 Å². The van der Waals surface area contributed by atoms with Gasteiger partial charge < -0.3 is 14.1 Å². The Hall–Kier alpha value is -1.22. The minimum Gasteiger partial charge on any atom is -0.448 e. The number of aliphatic hydroxyl groups excluding tert-OH is 1. The van der Waals surface area contributed by atoms with Gasteiger partial charge in [0.15, 0.2) is 0 Å². The summed E-state index contributed by atoms with van der Waals surface area (Å²) < 4.78 is 7.03. The molecule has 0 spiro atoms. The third-order valence-corrected chi connectivity index (χ3v) is 1.89. The van der Waals surface area contributed by atoms with E-state index in [2.05, 4.69) is 0 Å². The highest BCUT2D eigenvalue weighted by Crippen LogP contribution is 2.18. The summed E-state index contributed by atoms with van der Waals surface area (Å²) in [5.41, 5.74) is 1.69. The number of aromatic nitrogens is 1. The second-order valence-corrected chi connectivity index (χ2v) is 2.53. The fourth-order valence-corrected chi connectivity index (χ4v) is 1.25. The average Bonchev–Trinajstić information content (AvgIpc) is 2.53. The van der Waals surface area contributed by atoms with Gasteiger partial charge in [-0.2, -0.15) is 0 Å². The lowest BCUT2D eigenvalue weighted by Gasteiger charge is -1.96. The maximum atomic E-state index is 8.88. The SMILES string of the molecule is Cn1c(CO)cc2ccoc21. The van der Waals surface area contributed by atoms with Gasteiger partial charge in [0.05, 0.1) is 12.9 Å². The Morgan fingerprint density at radius 2 is 2.45 bits per heavy atom. The molecule has 2 rings (SSSR count). The fraction of sp³-hybridized carbons (Fsp3) is 0.250. The topological polar surface area (TPSA) is 38.3 Å². The molecule has 0 aliphatic heterocycles. The van der Waals surface area contributed by atoms with E-state index in [1.54, 1.807) is 6.26 Å². The molecule has 3 nitrogen and oxygen atoms in total. The number of rotatable bonds is 1. The first-order chi connectivity index (χ1) is 5.33. The minimum absolute atomic E-state index is 0.0562. The molecule has 1 N–H and O–H groups in total. The first-order valence-corrected chi connectivity index (χ1v) is 3.45. The first kappa shape index (κ1) is 6.49. The molecule has 0 aliphatic carbocycles. The monoisotopic (exact) mass is 151 g/mol. The molecule has 0 aliphatic rings. The summed E-state index contributed by atoms with van der Waals surface area (Å²) >= 11 is 0. The highest BCUT2D eigenvalue weighted by Gasteiger charge is 2.05. The van der Waals surface area contributed by atoms with E-state index < -0.39 is 0 Å². The molecular weight excluding hydrogens is 142 g/mol. The van der Waals surface area contributed by atoms with Gasteiger partial charge in [-0.15, -0.1) is 0 Å². The van der Waals surface area contributed by atoms with Gasteiger partial charge in [0.25, 0.3) is 0 Å². The lowest BCUT2D eigenvalue weighted by atomic mass is 10.4. The third kappa shape index (κ3) is 0.778. The van der Waals surface area contributed by atoms with Gasteiger partial charge in [0.2, 0.25) is 5.71 Å².